The van der Waals surface area contributed by atoms with Gasteiger partial charge in [0.2, 0.25) is 0 Å². The molecule has 1 aliphatic rings. The lowest BCUT2D eigenvalue weighted by Gasteiger charge is -2.19. The maximum atomic E-state index is 12.1. The first-order chi connectivity index (χ1) is 11.3. The summed E-state index contributed by atoms with van der Waals surface area (Å²) >= 11 is 0. The summed E-state index contributed by atoms with van der Waals surface area (Å²) in [7, 11) is 0. The fraction of sp³-hybridized carbons (Fsp3) is 0.444. The van der Waals surface area contributed by atoms with Crippen LogP contribution in [0.1, 0.15) is 47.1 Å². The van der Waals surface area contributed by atoms with Crippen molar-refractivity contribution < 1.29 is 9.21 Å². The normalized spacial score (nSPS) is 15.5. The molecule has 2 N–H and O–H groups in total. The Morgan fingerprint density at radius 3 is 2.83 bits per heavy atom. The molecule has 122 valence electrons. The van der Waals surface area contributed by atoms with Crippen LogP contribution in [-0.4, -0.2) is 30.5 Å². The first-order valence-electron chi connectivity index (χ1n) is 8.31. The van der Waals surface area contributed by atoms with Gasteiger partial charge < -0.3 is 15.1 Å². The Morgan fingerprint density at radius 2 is 2.04 bits per heavy atom. The fourth-order valence-electron chi connectivity index (χ4n) is 2.88. The summed E-state index contributed by atoms with van der Waals surface area (Å²) in [5.74, 6) is 0.874. The standard InChI is InChI=1S/C18H23N3O2/c22-17(20-10-4-7-14-5-2-1-3-6-14)16-13-23-18(21-16)15-8-11-19-12-9-15/h1-3,5-6,13,15,19H,4,7-12H2,(H,20,22). The van der Waals surface area contributed by atoms with Gasteiger partial charge in [-0.1, -0.05) is 30.3 Å². The highest BCUT2D eigenvalue weighted by atomic mass is 16.3. The third-order valence-electron chi connectivity index (χ3n) is 4.21. The van der Waals surface area contributed by atoms with Crippen molar-refractivity contribution >= 4 is 5.91 Å². The predicted molar refractivity (Wildman–Crippen MR) is 88.4 cm³/mol. The van der Waals surface area contributed by atoms with E-state index < -0.39 is 0 Å². The third-order valence-corrected chi connectivity index (χ3v) is 4.21. The van der Waals surface area contributed by atoms with Crippen molar-refractivity contribution in [3.63, 3.8) is 0 Å². The van der Waals surface area contributed by atoms with Crippen molar-refractivity contribution in [2.24, 2.45) is 0 Å². The van der Waals surface area contributed by atoms with Crippen LogP contribution in [0.2, 0.25) is 0 Å². The van der Waals surface area contributed by atoms with Crippen molar-refractivity contribution in [1.29, 1.82) is 0 Å². The van der Waals surface area contributed by atoms with E-state index >= 15 is 0 Å². The number of aromatic nitrogens is 1. The van der Waals surface area contributed by atoms with E-state index in [-0.39, 0.29) is 5.91 Å². The Balaban J connectivity index is 1.44. The molecule has 0 saturated carbocycles. The minimum Gasteiger partial charge on any atom is -0.448 e. The molecule has 0 spiro atoms. The topological polar surface area (TPSA) is 67.2 Å². The SMILES string of the molecule is O=C(NCCCc1ccccc1)c1coc(C2CCNCC2)n1. The summed E-state index contributed by atoms with van der Waals surface area (Å²) in [5.41, 5.74) is 1.68. The monoisotopic (exact) mass is 313 g/mol. The predicted octanol–water partition coefficient (Wildman–Crippen LogP) is 2.50. The average molecular weight is 313 g/mol. The number of benzene rings is 1. The van der Waals surface area contributed by atoms with Gasteiger partial charge in [0.15, 0.2) is 11.6 Å². The van der Waals surface area contributed by atoms with Gasteiger partial charge in [0.05, 0.1) is 0 Å². The van der Waals surface area contributed by atoms with E-state index in [1.165, 1.54) is 11.8 Å². The van der Waals surface area contributed by atoms with Crippen LogP contribution in [0.15, 0.2) is 41.0 Å². The number of aryl methyl sites for hydroxylation is 1. The summed E-state index contributed by atoms with van der Waals surface area (Å²) < 4.78 is 5.50. The molecule has 0 radical (unpaired) electrons. The van der Waals surface area contributed by atoms with Crippen molar-refractivity contribution in [2.45, 2.75) is 31.6 Å². The first kappa shape index (κ1) is 15.7. The molecule has 0 unspecified atom stereocenters. The quantitative estimate of drug-likeness (QED) is 0.804. The van der Waals surface area contributed by atoms with Gasteiger partial charge in [-0.05, 0) is 44.3 Å². The molecule has 1 fully saturated rings. The Bertz CT molecular complexity index is 618. The lowest BCUT2D eigenvalue weighted by atomic mass is 9.98. The average Bonchev–Trinajstić information content (AvgIpc) is 3.10. The van der Waals surface area contributed by atoms with Crippen molar-refractivity contribution in [3.05, 3.63) is 53.7 Å². The van der Waals surface area contributed by atoms with Crippen molar-refractivity contribution in [3.8, 4) is 0 Å². The molecule has 1 amide bonds. The molecule has 2 aromatic rings. The van der Waals surface area contributed by atoms with E-state index in [0.29, 0.717) is 24.0 Å². The van der Waals surface area contributed by atoms with E-state index in [1.54, 1.807) is 0 Å². The van der Waals surface area contributed by atoms with E-state index in [4.69, 9.17) is 4.42 Å². The molecule has 5 nitrogen and oxygen atoms in total. The molecule has 1 aliphatic heterocycles. The van der Waals surface area contributed by atoms with Gasteiger partial charge in [-0.3, -0.25) is 4.79 Å². The van der Waals surface area contributed by atoms with Crippen LogP contribution in [0.3, 0.4) is 0 Å². The number of piperidine rings is 1. The first-order valence-corrected chi connectivity index (χ1v) is 8.31. The molecular formula is C18H23N3O2. The number of rotatable bonds is 6. The Morgan fingerprint density at radius 1 is 1.26 bits per heavy atom. The minimum absolute atomic E-state index is 0.151. The van der Waals surface area contributed by atoms with Crippen LogP contribution in [0, 0.1) is 0 Å². The number of oxazole rings is 1. The molecule has 0 bridgehead atoms. The number of nitrogens with zero attached hydrogens (tertiary/aromatic N) is 1. The van der Waals surface area contributed by atoms with Gasteiger partial charge in [-0.25, -0.2) is 4.98 Å². The summed E-state index contributed by atoms with van der Waals surface area (Å²) in [5, 5.41) is 6.22. The molecule has 0 atom stereocenters. The van der Waals surface area contributed by atoms with Gasteiger partial charge in [-0.15, -0.1) is 0 Å². The lowest BCUT2D eigenvalue weighted by molar-refractivity contribution is 0.0948. The molecule has 1 saturated heterocycles. The highest BCUT2D eigenvalue weighted by Gasteiger charge is 2.21. The second-order valence-corrected chi connectivity index (χ2v) is 5.94. The second kappa shape index (κ2) is 7.92. The third kappa shape index (κ3) is 4.42. The van der Waals surface area contributed by atoms with Crippen molar-refractivity contribution in [2.75, 3.05) is 19.6 Å². The highest BCUT2D eigenvalue weighted by molar-refractivity contribution is 5.91. The summed E-state index contributed by atoms with van der Waals surface area (Å²) in [6.45, 7) is 2.60. The number of carbonyl (C=O) groups excluding carboxylic acids is 1. The maximum absolute atomic E-state index is 12.1. The van der Waals surface area contributed by atoms with E-state index in [9.17, 15) is 4.79 Å². The molecule has 5 heteroatoms. The Kier molecular flexibility index (Phi) is 5.42. The zero-order valence-corrected chi connectivity index (χ0v) is 13.3. The highest BCUT2D eigenvalue weighted by Crippen LogP contribution is 2.24. The Hall–Kier alpha value is -2.14. The maximum Gasteiger partial charge on any atom is 0.273 e. The van der Waals surface area contributed by atoms with Crippen LogP contribution in [0.5, 0.6) is 0 Å². The summed E-state index contributed by atoms with van der Waals surface area (Å²) in [4.78, 5) is 16.5. The smallest absolute Gasteiger partial charge is 0.273 e. The van der Waals surface area contributed by atoms with E-state index in [0.717, 1.165) is 38.8 Å². The number of nitrogens with one attached hydrogen (secondary N) is 2. The fourth-order valence-corrected chi connectivity index (χ4v) is 2.88. The molecule has 0 aliphatic carbocycles. The van der Waals surface area contributed by atoms with Crippen LogP contribution in [0.4, 0.5) is 0 Å². The number of carbonyl (C=O) groups is 1. The zero-order valence-electron chi connectivity index (χ0n) is 13.3. The molecule has 1 aromatic carbocycles. The van der Waals surface area contributed by atoms with Crippen LogP contribution in [0.25, 0.3) is 0 Å². The minimum atomic E-state index is -0.151. The van der Waals surface area contributed by atoms with Crippen LogP contribution < -0.4 is 10.6 Å². The summed E-state index contributed by atoms with van der Waals surface area (Å²) in [6, 6.07) is 10.3. The number of hydrogen-bond donors (Lipinski definition) is 2. The van der Waals surface area contributed by atoms with Gasteiger partial charge >= 0.3 is 0 Å². The van der Waals surface area contributed by atoms with Crippen LogP contribution >= 0.6 is 0 Å². The van der Waals surface area contributed by atoms with Crippen LogP contribution in [-0.2, 0) is 6.42 Å². The van der Waals surface area contributed by atoms with E-state index in [1.807, 2.05) is 18.2 Å². The second-order valence-electron chi connectivity index (χ2n) is 5.94. The number of amides is 1. The zero-order chi connectivity index (χ0) is 15.9. The molecule has 23 heavy (non-hydrogen) atoms. The van der Waals surface area contributed by atoms with E-state index in [2.05, 4.69) is 27.8 Å². The van der Waals surface area contributed by atoms with Gasteiger partial charge in [0.1, 0.15) is 6.26 Å². The summed E-state index contributed by atoms with van der Waals surface area (Å²) in [6.07, 6.45) is 5.37. The molecule has 1 aromatic heterocycles. The Labute approximate surface area is 136 Å². The van der Waals surface area contributed by atoms with Gasteiger partial charge in [0.25, 0.3) is 5.91 Å². The molecule has 3 rings (SSSR count). The molecular weight excluding hydrogens is 290 g/mol. The van der Waals surface area contributed by atoms with Gasteiger partial charge in [0, 0.05) is 12.5 Å². The van der Waals surface area contributed by atoms with Gasteiger partial charge in [-0.2, -0.15) is 0 Å². The number of hydrogen-bond acceptors (Lipinski definition) is 4. The molecule has 2 heterocycles. The lowest BCUT2D eigenvalue weighted by Crippen LogP contribution is -2.27. The van der Waals surface area contributed by atoms with Crippen molar-refractivity contribution in [1.82, 2.24) is 15.6 Å². The largest absolute Gasteiger partial charge is 0.448 e.